The van der Waals surface area contributed by atoms with Gasteiger partial charge in [0.1, 0.15) is 5.82 Å². The maximum absolute atomic E-state index is 13.8. The van der Waals surface area contributed by atoms with Crippen molar-refractivity contribution in [3.05, 3.63) is 35.1 Å². The average Bonchev–Trinajstić information content (AvgIpc) is 2.40. The molecule has 0 spiro atoms. The predicted molar refractivity (Wildman–Crippen MR) is 72.8 cm³/mol. The number of hydrogen-bond acceptors (Lipinski definition) is 2. The van der Waals surface area contributed by atoms with Gasteiger partial charge in [0, 0.05) is 31.6 Å². The first-order chi connectivity index (χ1) is 9.20. The molecule has 0 aromatic heterocycles. The molecule has 1 fully saturated rings. The first-order valence-corrected chi connectivity index (χ1v) is 6.96. The van der Waals surface area contributed by atoms with Gasteiger partial charge in [-0.2, -0.15) is 0 Å². The Bertz CT molecular complexity index is 448. The van der Waals surface area contributed by atoms with E-state index in [1.807, 2.05) is 0 Å². The summed E-state index contributed by atoms with van der Waals surface area (Å²) < 4.78 is 13.8. The molecule has 1 heterocycles. The van der Waals surface area contributed by atoms with Gasteiger partial charge in [-0.25, -0.2) is 4.39 Å². The molecule has 1 aromatic rings. The van der Waals surface area contributed by atoms with Crippen molar-refractivity contribution in [2.24, 2.45) is 5.73 Å². The second kappa shape index (κ2) is 6.66. The van der Waals surface area contributed by atoms with Crippen LogP contribution in [-0.2, 0) is 17.9 Å². The molecule has 1 aromatic carbocycles. The highest BCUT2D eigenvalue weighted by Crippen LogP contribution is 2.17. The maximum atomic E-state index is 13.8. The molecule has 1 amide bonds. The Morgan fingerprint density at radius 2 is 2.00 bits per heavy atom. The van der Waals surface area contributed by atoms with Gasteiger partial charge >= 0.3 is 0 Å². The van der Waals surface area contributed by atoms with Crippen molar-refractivity contribution in [3.8, 4) is 0 Å². The third kappa shape index (κ3) is 3.77. The molecule has 0 aliphatic carbocycles. The van der Waals surface area contributed by atoms with Gasteiger partial charge in [-0.05, 0) is 30.5 Å². The van der Waals surface area contributed by atoms with Gasteiger partial charge in [0.2, 0.25) is 5.91 Å². The van der Waals surface area contributed by atoms with Crippen LogP contribution in [0, 0.1) is 5.82 Å². The standard InChI is InChI=1S/C15H21FN2O/c16-14-7-6-12(10-17)9-13(14)11-18-8-4-2-1-3-5-15(18)19/h6-7,9H,1-5,8,10-11,17H2. The zero-order chi connectivity index (χ0) is 13.7. The fourth-order valence-corrected chi connectivity index (χ4v) is 2.46. The number of likely N-dealkylation sites (tertiary alicyclic amines) is 1. The highest BCUT2D eigenvalue weighted by Gasteiger charge is 2.17. The van der Waals surface area contributed by atoms with E-state index in [0.717, 1.165) is 37.8 Å². The summed E-state index contributed by atoms with van der Waals surface area (Å²) in [5.74, 6) is -0.121. The summed E-state index contributed by atoms with van der Waals surface area (Å²) in [6, 6.07) is 4.89. The van der Waals surface area contributed by atoms with Crippen molar-refractivity contribution in [3.63, 3.8) is 0 Å². The van der Waals surface area contributed by atoms with Crippen LogP contribution in [0.5, 0.6) is 0 Å². The number of benzene rings is 1. The number of carbonyl (C=O) groups is 1. The van der Waals surface area contributed by atoms with E-state index in [4.69, 9.17) is 5.73 Å². The van der Waals surface area contributed by atoms with Gasteiger partial charge in [0.15, 0.2) is 0 Å². The molecule has 1 aliphatic rings. The van der Waals surface area contributed by atoms with Crippen molar-refractivity contribution in [2.75, 3.05) is 6.54 Å². The fourth-order valence-electron chi connectivity index (χ4n) is 2.46. The summed E-state index contributed by atoms with van der Waals surface area (Å²) in [7, 11) is 0. The molecule has 0 bridgehead atoms. The first kappa shape index (κ1) is 14.0. The number of halogens is 1. The van der Waals surface area contributed by atoms with Crippen molar-refractivity contribution in [2.45, 2.75) is 45.2 Å². The van der Waals surface area contributed by atoms with Gasteiger partial charge in [0.05, 0.1) is 0 Å². The summed E-state index contributed by atoms with van der Waals surface area (Å²) in [4.78, 5) is 13.8. The first-order valence-electron chi connectivity index (χ1n) is 6.96. The van der Waals surface area contributed by atoms with E-state index in [1.54, 1.807) is 17.0 Å². The Kier molecular flexibility index (Phi) is 4.91. The normalized spacial score (nSPS) is 17.2. The van der Waals surface area contributed by atoms with Crippen molar-refractivity contribution in [1.82, 2.24) is 4.90 Å². The molecule has 1 aliphatic heterocycles. The Hall–Kier alpha value is -1.42. The summed E-state index contributed by atoms with van der Waals surface area (Å²) in [6.45, 7) is 1.48. The van der Waals surface area contributed by atoms with Crippen LogP contribution >= 0.6 is 0 Å². The molecule has 0 atom stereocenters. The van der Waals surface area contributed by atoms with Crippen LogP contribution in [0.1, 0.15) is 43.2 Å². The third-order valence-corrected chi connectivity index (χ3v) is 3.63. The Labute approximate surface area is 113 Å². The highest BCUT2D eigenvalue weighted by atomic mass is 19.1. The van der Waals surface area contributed by atoms with Crippen LogP contribution in [0.4, 0.5) is 4.39 Å². The molecule has 2 rings (SSSR count). The zero-order valence-electron chi connectivity index (χ0n) is 11.2. The molecule has 0 radical (unpaired) electrons. The van der Waals surface area contributed by atoms with E-state index >= 15 is 0 Å². The smallest absolute Gasteiger partial charge is 0.222 e. The minimum absolute atomic E-state index is 0.136. The van der Waals surface area contributed by atoms with Crippen molar-refractivity contribution >= 4 is 5.91 Å². The highest BCUT2D eigenvalue weighted by molar-refractivity contribution is 5.76. The molecule has 104 valence electrons. The molecular weight excluding hydrogens is 243 g/mol. The van der Waals surface area contributed by atoms with E-state index < -0.39 is 0 Å². The van der Waals surface area contributed by atoms with Gasteiger partial charge in [-0.1, -0.05) is 18.9 Å². The number of nitrogens with zero attached hydrogens (tertiary/aromatic N) is 1. The van der Waals surface area contributed by atoms with E-state index in [2.05, 4.69) is 0 Å². The molecule has 2 N–H and O–H groups in total. The zero-order valence-corrected chi connectivity index (χ0v) is 11.2. The van der Waals surface area contributed by atoms with Gasteiger partial charge in [0.25, 0.3) is 0 Å². The number of carbonyl (C=O) groups excluding carboxylic acids is 1. The SMILES string of the molecule is NCc1ccc(F)c(CN2CCCCCCC2=O)c1. The number of amides is 1. The quantitative estimate of drug-likeness (QED) is 0.912. The summed E-state index contributed by atoms with van der Waals surface area (Å²) >= 11 is 0. The third-order valence-electron chi connectivity index (χ3n) is 3.63. The lowest BCUT2D eigenvalue weighted by Crippen LogP contribution is -2.32. The summed E-state index contributed by atoms with van der Waals surface area (Å²) in [5, 5.41) is 0. The van der Waals surface area contributed by atoms with Crippen LogP contribution < -0.4 is 5.73 Å². The number of rotatable bonds is 3. The van der Waals surface area contributed by atoms with Crippen LogP contribution in [0.25, 0.3) is 0 Å². The molecule has 4 heteroatoms. The molecular formula is C15H21FN2O. The van der Waals surface area contributed by atoms with Crippen LogP contribution in [-0.4, -0.2) is 17.4 Å². The lowest BCUT2D eigenvalue weighted by atomic mass is 10.1. The van der Waals surface area contributed by atoms with Crippen molar-refractivity contribution in [1.29, 1.82) is 0 Å². The Morgan fingerprint density at radius 3 is 2.79 bits per heavy atom. The van der Waals surface area contributed by atoms with Crippen LogP contribution in [0.15, 0.2) is 18.2 Å². The topological polar surface area (TPSA) is 46.3 Å². The maximum Gasteiger partial charge on any atom is 0.222 e. The Morgan fingerprint density at radius 1 is 1.21 bits per heavy atom. The van der Waals surface area contributed by atoms with Gasteiger partial charge in [-0.3, -0.25) is 4.79 Å². The Balaban J connectivity index is 2.11. The molecule has 19 heavy (non-hydrogen) atoms. The van der Waals surface area contributed by atoms with E-state index in [0.29, 0.717) is 25.1 Å². The second-order valence-corrected chi connectivity index (χ2v) is 5.11. The van der Waals surface area contributed by atoms with E-state index in [9.17, 15) is 9.18 Å². The largest absolute Gasteiger partial charge is 0.338 e. The number of nitrogens with two attached hydrogens (primary N) is 1. The lowest BCUT2D eigenvalue weighted by Gasteiger charge is -2.25. The predicted octanol–water partition coefficient (Wildman–Crippen LogP) is 2.58. The monoisotopic (exact) mass is 264 g/mol. The molecule has 0 saturated carbocycles. The summed E-state index contributed by atoms with van der Waals surface area (Å²) in [5.41, 5.74) is 7.04. The molecule has 3 nitrogen and oxygen atoms in total. The van der Waals surface area contributed by atoms with Crippen LogP contribution in [0.2, 0.25) is 0 Å². The minimum atomic E-state index is -0.257. The van der Waals surface area contributed by atoms with Gasteiger partial charge in [-0.15, -0.1) is 0 Å². The van der Waals surface area contributed by atoms with Gasteiger partial charge < -0.3 is 10.6 Å². The lowest BCUT2D eigenvalue weighted by molar-refractivity contribution is -0.132. The summed E-state index contributed by atoms with van der Waals surface area (Å²) in [6.07, 6.45) is 4.80. The van der Waals surface area contributed by atoms with E-state index in [1.165, 1.54) is 6.07 Å². The molecule has 1 saturated heterocycles. The minimum Gasteiger partial charge on any atom is -0.338 e. The fraction of sp³-hybridized carbons (Fsp3) is 0.533. The van der Waals surface area contributed by atoms with Crippen molar-refractivity contribution < 1.29 is 9.18 Å². The van der Waals surface area contributed by atoms with E-state index in [-0.39, 0.29) is 11.7 Å². The van der Waals surface area contributed by atoms with Crippen LogP contribution in [0.3, 0.4) is 0 Å². The molecule has 0 unspecified atom stereocenters. The average molecular weight is 264 g/mol. The number of hydrogen-bond donors (Lipinski definition) is 1. The second-order valence-electron chi connectivity index (χ2n) is 5.11.